The first-order valence-corrected chi connectivity index (χ1v) is 9.34. The quantitative estimate of drug-likeness (QED) is 0.612. The van der Waals surface area contributed by atoms with Crippen LogP contribution in [-0.2, 0) is 4.79 Å². The van der Waals surface area contributed by atoms with Crippen LogP contribution in [0.4, 0.5) is 5.69 Å². The number of aryl methyl sites for hydroxylation is 1. The fraction of sp³-hybridized carbons (Fsp3) is 0.381. The predicted molar refractivity (Wildman–Crippen MR) is 105 cm³/mol. The van der Waals surface area contributed by atoms with E-state index in [0.717, 1.165) is 36.9 Å². The van der Waals surface area contributed by atoms with Crippen LogP contribution in [0.15, 0.2) is 46.1 Å². The van der Waals surface area contributed by atoms with Gasteiger partial charge in [-0.1, -0.05) is 31.4 Å². The molecule has 0 bridgehead atoms. The Morgan fingerprint density at radius 3 is 2.63 bits per heavy atom. The zero-order valence-corrected chi connectivity index (χ0v) is 15.7. The van der Waals surface area contributed by atoms with Gasteiger partial charge in [0.25, 0.3) is 5.91 Å². The first kappa shape index (κ1) is 18.9. The van der Waals surface area contributed by atoms with E-state index in [1.807, 2.05) is 31.2 Å². The smallest absolute Gasteiger partial charge is 0.274 e. The lowest BCUT2D eigenvalue weighted by Gasteiger charge is -2.20. The molecular weight excluding hydrogens is 342 g/mol. The SMILES string of the molecule is CC(=NNC(=O)c1ccoc1C)c1cccc(NC(=O)C2CCCCC2)c1. The number of hydrazone groups is 1. The molecule has 1 aromatic carbocycles. The Labute approximate surface area is 159 Å². The molecule has 1 aliphatic rings. The Bertz CT molecular complexity index is 848. The number of nitrogens with one attached hydrogen (secondary N) is 2. The van der Waals surface area contributed by atoms with Crippen LogP contribution in [0.3, 0.4) is 0 Å². The number of hydrogen-bond acceptors (Lipinski definition) is 4. The molecule has 1 aliphatic carbocycles. The highest BCUT2D eigenvalue weighted by atomic mass is 16.3. The molecule has 1 heterocycles. The van der Waals surface area contributed by atoms with Crippen molar-refractivity contribution in [2.75, 3.05) is 5.32 Å². The van der Waals surface area contributed by atoms with Crippen molar-refractivity contribution in [2.24, 2.45) is 11.0 Å². The van der Waals surface area contributed by atoms with Crippen LogP contribution in [0, 0.1) is 12.8 Å². The summed E-state index contributed by atoms with van der Waals surface area (Å²) in [5, 5.41) is 7.17. The Hall–Kier alpha value is -2.89. The van der Waals surface area contributed by atoms with Gasteiger partial charge in [0.1, 0.15) is 5.76 Å². The summed E-state index contributed by atoms with van der Waals surface area (Å²) < 4.78 is 5.13. The average Bonchev–Trinajstić information content (AvgIpc) is 3.12. The van der Waals surface area contributed by atoms with E-state index >= 15 is 0 Å². The van der Waals surface area contributed by atoms with Crippen molar-refractivity contribution in [2.45, 2.75) is 46.0 Å². The molecule has 27 heavy (non-hydrogen) atoms. The molecule has 0 spiro atoms. The van der Waals surface area contributed by atoms with Gasteiger partial charge in [-0.05, 0) is 50.5 Å². The molecule has 0 radical (unpaired) electrons. The van der Waals surface area contributed by atoms with Gasteiger partial charge in [0, 0.05) is 11.6 Å². The summed E-state index contributed by atoms with van der Waals surface area (Å²) in [5.74, 6) is 0.426. The number of carbonyl (C=O) groups excluding carboxylic acids is 2. The summed E-state index contributed by atoms with van der Waals surface area (Å²) in [6.45, 7) is 3.54. The molecule has 6 heteroatoms. The molecule has 1 fully saturated rings. The third-order valence-corrected chi connectivity index (χ3v) is 4.95. The standard InChI is InChI=1S/C21H25N3O3/c1-14(23-24-21(26)19-11-12-27-15(19)2)17-9-6-10-18(13-17)22-20(25)16-7-4-3-5-8-16/h6,9-13,16H,3-5,7-8H2,1-2H3,(H,22,25)(H,24,26). The van der Waals surface area contributed by atoms with E-state index in [9.17, 15) is 9.59 Å². The lowest BCUT2D eigenvalue weighted by molar-refractivity contribution is -0.120. The van der Waals surface area contributed by atoms with Crippen LogP contribution in [0.5, 0.6) is 0 Å². The number of nitrogens with zero attached hydrogens (tertiary/aromatic N) is 1. The second-order valence-electron chi connectivity index (χ2n) is 6.93. The van der Waals surface area contributed by atoms with E-state index in [2.05, 4.69) is 15.8 Å². The number of carbonyl (C=O) groups is 2. The first-order valence-electron chi connectivity index (χ1n) is 9.34. The zero-order chi connectivity index (χ0) is 19.2. The van der Waals surface area contributed by atoms with Crippen LogP contribution in [0.25, 0.3) is 0 Å². The van der Waals surface area contributed by atoms with Gasteiger partial charge < -0.3 is 9.73 Å². The fourth-order valence-electron chi connectivity index (χ4n) is 3.31. The Morgan fingerprint density at radius 1 is 1.15 bits per heavy atom. The van der Waals surface area contributed by atoms with E-state index in [1.54, 1.807) is 13.0 Å². The number of furan rings is 1. The van der Waals surface area contributed by atoms with Crippen LogP contribution in [0.1, 0.15) is 60.7 Å². The zero-order valence-electron chi connectivity index (χ0n) is 15.7. The fourth-order valence-corrected chi connectivity index (χ4v) is 3.31. The summed E-state index contributed by atoms with van der Waals surface area (Å²) in [7, 11) is 0. The third kappa shape index (κ3) is 4.84. The lowest BCUT2D eigenvalue weighted by atomic mass is 9.88. The first-order chi connectivity index (χ1) is 13.0. The largest absolute Gasteiger partial charge is 0.469 e. The highest BCUT2D eigenvalue weighted by Crippen LogP contribution is 2.25. The molecule has 6 nitrogen and oxygen atoms in total. The molecule has 0 unspecified atom stereocenters. The summed E-state index contributed by atoms with van der Waals surface area (Å²) in [4.78, 5) is 24.5. The summed E-state index contributed by atoms with van der Waals surface area (Å²) in [6, 6.07) is 9.11. The van der Waals surface area contributed by atoms with Crippen LogP contribution in [-0.4, -0.2) is 17.5 Å². The van der Waals surface area contributed by atoms with Gasteiger partial charge in [-0.2, -0.15) is 5.10 Å². The lowest BCUT2D eigenvalue weighted by Crippen LogP contribution is -2.24. The third-order valence-electron chi connectivity index (χ3n) is 4.95. The summed E-state index contributed by atoms with van der Waals surface area (Å²) in [6.07, 6.45) is 6.87. The molecular formula is C21H25N3O3. The van der Waals surface area contributed by atoms with E-state index in [1.165, 1.54) is 12.7 Å². The van der Waals surface area contributed by atoms with Crippen molar-refractivity contribution in [1.82, 2.24) is 5.43 Å². The van der Waals surface area contributed by atoms with Gasteiger partial charge in [-0.15, -0.1) is 0 Å². The van der Waals surface area contributed by atoms with Gasteiger partial charge in [0.05, 0.1) is 17.5 Å². The number of benzene rings is 1. The molecule has 0 atom stereocenters. The second-order valence-corrected chi connectivity index (χ2v) is 6.93. The van der Waals surface area contributed by atoms with Crippen molar-refractivity contribution in [3.8, 4) is 0 Å². The molecule has 2 N–H and O–H groups in total. The molecule has 142 valence electrons. The summed E-state index contributed by atoms with van der Waals surface area (Å²) >= 11 is 0. The maximum absolute atomic E-state index is 12.4. The normalized spacial score (nSPS) is 15.4. The average molecular weight is 367 g/mol. The van der Waals surface area contributed by atoms with Gasteiger partial charge in [-0.25, -0.2) is 5.43 Å². The van der Waals surface area contributed by atoms with Crippen LogP contribution < -0.4 is 10.7 Å². The van der Waals surface area contributed by atoms with Gasteiger partial charge in [0.15, 0.2) is 0 Å². The molecule has 3 rings (SSSR count). The van der Waals surface area contributed by atoms with Crippen molar-refractivity contribution in [1.29, 1.82) is 0 Å². The summed E-state index contributed by atoms with van der Waals surface area (Å²) in [5.41, 5.74) is 5.23. The maximum Gasteiger partial charge on any atom is 0.274 e. The van der Waals surface area contributed by atoms with E-state index in [4.69, 9.17) is 4.42 Å². The van der Waals surface area contributed by atoms with Crippen LogP contribution >= 0.6 is 0 Å². The topological polar surface area (TPSA) is 83.7 Å². The van der Waals surface area contributed by atoms with Crippen LogP contribution in [0.2, 0.25) is 0 Å². The highest BCUT2D eigenvalue weighted by molar-refractivity contribution is 6.02. The molecule has 1 saturated carbocycles. The molecule has 0 saturated heterocycles. The number of rotatable bonds is 5. The second kappa shape index (κ2) is 8.66. The monoisotopic (exact) mass is 367 g/mol. The van der Waals surface area contributed by atoms with Crippen molar-refractivity contribution in [3.05, 3.63) is 53.5 Å². The highest BCUT2D eigenvalue weighted by Gasteiger charge is 2.21. The maximum atomic E-state index is 12.4. The molecule has 0 aliphatic heterocycles. The molecule has 1 aromatic heterocycles. The number of hydrogen-bond donors (Lipinski definition) is 2. The van der Waals surface area contributed by atoms with Gasteiger partial charge >= 0.3 is 0 Å². The minimum atomic E-state index is -0.317. The van der Waals surface area contributed by atoms with Crippen molar-refractivity contribution >= 4 is 23.2 Å². The van der Waals surface area contributed by atoms with E-state index in [0.29, 0.717) is 17.0 Å². The Kier molecular flexibility index (Phi) is 6.06. The van der Waals surface area contributed by atoms with Gasteiger partial charge in [-0.3, -0.25) is 9.59 Å². The van der Waals surface area contributed by atoms with E-state index in [-0.39, 0.29) is 17.7 Å². The Morgan fingerprint density at radius 2 is 1.93 bits per heavy atom. The predicted octanol–water partition coefficient (Wildman–Crippen LogP) is 4.26. The number of anilines is 1. The van der Waals surface area contributed by atoms with Gasteiger partial charge in [0.2, 0.25) is 5.91 Å². The van der Waals surface area contributed by atoms with Crippen molar-refractivity contribution in [3.63, 3.8) is 0 Å². The van der Waals surface area contributed by atoms with Crippen molar-refractivity contribution < 1.29 is 14.0 Å². The molecule has 2 aromatic rings. The Balaban J connectivity index is 1.64. The van der Waals surface area contributed by atoms with E-state index < -0.39 is 0 Å². The minimum absolute atomic E-state index is 0.0881. The molecule has 2 amide bonds. The number of amides is 2. The minimum Gasteiger partial charge on any atom is -0.469 e.